The number of carboxylic acids is 1. The number of aliphatic hydroxyl groups excluding tert-OH is 2. The van der Waals surface area contributed by atoms with Crippen molar-refractivity contribution in [1.29, 1.82) is 0 Å². The Bertz CT molecular complexity index is 1330. The molecule has 0 amide bonds. The van der Waals surface area contributed by atoms with E-state index < -0.39 is 71.6 Å². The summed E-state index contributed by atoms with van der Waals surface area (Å²) in [6.07, 6.45) is 5.96. The molecule has 3 heterocycles. The average Bonchev–Trinajstić information content (AvgIpc) is 3.64. The predicted molar refractivity (Wildman–Crippen MR) is 145 cm³/mol. The predicted octanol–water partition coefficient (Wildman–Crippen LogP) is 0.473. The van der Waals surface area contributed by atoms with Gasteiger partial charge in [-0.15, -0.1) is 6.58 Å². The maximum absolute atomic E-state index is 12.9. The van der Waals surface area contributed by atoms with Crippen molar-refractivity contribution in [3.05, 3.63) is 47.1 Å². The SMILES string of the molecule is C=C[C@@H]1[C@H](CC(=O)O)C(C(=O)OC)=CC2(CCCC2)[C@H]1O[C@@H]1O[C@H](CO)[C@]2(C=c3cc[nH]c3=CO2)[C@H](O)[C@]1(O)CC. The molecule has 2 aliphatic heterocycles. The minimum Gasteiger partial charge on any atom is -0.483 e. The van der Waals surface area contributed by atoms with Crippen LogP contribution >= 0.6 is 0 Å². The lowest BCUT2D eigenvalue weighted by molar-refractivity contribution is -0.369. The summed E-state index contributed by atoms with van der Waals surface area (Å²) in [5.74, 6) is -3.15. The van der Waals surface area contributed by atoms with Crippen molar-refractivity contribution in [2.24, 2.45) is 17.3 Å². The van der Waals surface area contributed by atoms with Crippen LogP contribution in [0.25, 0.3) is 12.3 Å². The number of fused-ring (bicyclic) bond motifs is 1. The van der Waals surface area contributed by atoms with Crippen molar-refractivity contribution in [3.8, 4) is 0 Å². The van der Waals surface area contributed by atoms with Gasteiger partial charge in [-0.3, -0.25) is 4.79 Å². The average molecular weight is 574 g/mol. The van der Waals surface area contributed by atoms with Crippen LogP contribution in [-0.4, -0.2) is 86.9 Å². The third-order valence-electron chi connectivity index (χ3n) is 9.52. The molecule has 2 spiro atoms. The summed E-state index contributed by atoms with van der Waals surface area (Å²) in [5, 5.41) is 45.4. The number of hydrogen-bond donors (Lipinski definition) is 5. The number of carbonyl (C=O) groups is 2. The molecule has 224 valence electrons. The molecule has 0 unspecified atom stereocenters. The highest BCUT2D eigenvalue weighted by Gasteiger charge is 2.65. The van der Waals surface area contributed by atoms with E-state index in [0.29, 0.717) is 18.2 Å². The van der Waals surface area contributed by atoms with Gasteiger partial charge in [0.15, 0.2) is 11.9 Å². The quantitative estimate of drug-likeness (QED) is 0.218. The molecule has 1 aromatic heterocycles. The summed E-state index contributed by atoms with van der Waals surface area (Å²) < 4.78 is 24.0. The number of aromatic nitrogens is 1. The number of esters is 1. The fraction of sp³-hybridized carbons (Fsp3) is 0.600. The zero-order chi connectivity index (χ0) is 29.6. The second kappa shape index (κ2) is 11.0. The molecule has 5 N–H and O–H groups in total. The zero-order valence-corrected chi connectivity index (χ0v) is 23.3. The Morgan fingerprint density at radius 1 is 1.27 bits per heavy atom. The number of ether oxygens (including phenoxy) is 4. The zero-order valence-electron chi connectivity index (χ0n) is 23.3. The van der Waals surface area contributed by atoms with Crippen LogP contribution in [-0.2, 0) is 28.5 Å². The first kappa shape index (κ1) is 29.5. The van der Waals surface area contributed by atoms with E-state index in [1.54, 1.807) is 37.4 Å². The van der Waals surface area contributed by atoms with E-state index in [-0.39, 0.29) is 18.4 Å². The Labute approximate surface area is 237 Å². The molecule has 2 aliphatic carbocycles. The van der Waals surface area contributed by atoms with Gasteiger partial charge in [-0.1, -0.05) is 31.9 Å². The highest BCUT2D eigenvalue weighted by atomic mass is 16.7. The smallest absolute Gasteiger partial charge is 0.333 e. The van der Waals surface area contributed by atoms with E-state index in [9.17, 15) is 30.0 Å². The number of aliphatic hydroxyl groups is 3. The van der Waals surface area contributed by atoms with Crippen LogP contribution < -0.4 is 10.6 Å². The first-order chi connectivity index (χ1) is 19.6. The number of hydrogen-bond acceptors (Lipinski definition) is 9. The van der Waals surface area contributed by atoms with Gasteiger partial charge < -0.3 is 44.4 Å². The summed E-state index contributed by atoms with van der Waals surface area (Å²) in [6, 6.07) is 1.79. The van der Waals surface area contributed by atoms with Crippen LogP contribution in [0.3, 0.4) is 0 Å². The van der Waals surface area contributed by atoms with Gasteiger partial charge in [-0.05, 0) is 31.4 Å². The lowest BCUT2D eigenvalue weighted by atomic mass is 9.62. The van der Waals surface area contributed by atoms with Crippen LogP contribution in [0.15, 0.2) is 36.6 Å². The van der Waals surface area contributed by atoms with Crippen LogP contribution in [0.2, 0.25) is 0 Å². The lowest BCUT2D eigenvalue weighted by Gasteiger charge is -2.56. The highest BCUT2D eigenvalue weighted by Crippen LogP contribution is 2.55. The minimum atomic E-state index is -1.98. The van der Waals surface area contributed by atoms with Crippen LogP contribution in [0.1, 0.15) is 45.4 Å². The molecule has 0 aromatic carbocycles. The fourth-order valence-electron chi connectivity index (χ4n) is 7.31. The van der Waals surface area contributed by atoms with Gasteiger partial charge >= 0.3 is 11.9 Å². The Balaban J connectivity index is 1.57. The van der Waals surface area contributed by atoms with Crippen LogP contribution in [0.5, 0.6) is 0 Å². The van der Waals surface area contributed by atoms with Crippen molar-refractivity contribution in [3.63, 3.8) is 0 Å². The van der Waals surface area contributed by atoms with Gasteiger partial charge in [-0.2, -0.15) is 0 Å². The molecule has 1 saturated carbocycles. The minimum absolute atomic E-state index is 0.0101. The molecule has 4 aliphatic rings. The van der Waals surface area contributed by atoms with Gasteiger partial charge in [0.05, 0.1) is 31.6 Å². The Morgan fingerprint density at radius 2 is 2.00 bits per heavy atom. The van der Waals surface area contributed by atoms with Gasteiger partial charge in [0.1, 0.15) is 24.1 Å². The van der Waals surface area contributed by atoms with E-state index >= 15 is 0 Å². The monoisotopic (exact) mass is 573 g/mol. The molecule has 8 atom stereocenters. The van der Waals surface area contributed by atoms with E-state index in [2.05, 4.69) is 11.6 Å². The Hall–Kier alpha value is -2.96. The number of aromatic amines is 1. The molecular formula is C30H39NO10. The number of carbonyl (C=O) groups excluding carboxylic acids is 1. The van der Waals surface area contributed by atoms with E-state index in [0.717, 1.165) is 18.1 Å². The maximum atomic E-state index is 12.9. The van der Waals surface area contributed by atoms with Crippen molar-refractivity contribution >= 4 is 24.3 Å². The fourth-order valence-corrected chi connectivity index (χ4v) is 7.31. The molecule has 11 heteroatoms. The first-order valence-corrected chi connectivity index (χ1v) is 14.1. The van der Waals surface area contributed by atoms with Gasteiger partial charge in [0, 0.05) is 34.2 Å². The van der Waals surface area contributed by atoms with Gasteiger partial charge in [0.25, 0.3) is 0 Å². The summed E-state index contributed by atoms with van der Waals surface area (Å²) >= 11 is 0. The Kier molecular flexibility index (Phi) is 7.95. The molecular weight excluding hydrogens is 534 g/mol. The lowest BCUT2D eigenvalue weighted by Crippen LogP contribution is -2.74. The molecule has 11 nitrogen and oxygen atoms in total. The topological polar surface area (TPSA) is 168 Å². The molecule has 5 rings (SSSR count). The molecule has 0 radical (unpaired) electrons. The first-order valence-electron chi connectivity index (χ1n) is 14.1. The number of nitrogens with one attached hydrogen (secondary N) is 1. The van der Waals surface area contributed by atoms with E-state index in [1.807, 2.05) is 0 Å². The maximum Gasteiger partial charge on any atom is 0.333 e. The normalized spacial score (nSPS) is 37.3. The van der Waals surface area contributed by atoms with Gasteiger partial charge in [-0.25, -0.2) is 4.79 Å². The van der Waals surface area contributed by atoms with Crippen molar-refractivity contribution < 1.29 is 49.0 Å². The second-order valence-corrected chi connectivity index (χ2v) is 11.6. The third-order valence-corrected chi connectivity index (χ3v) is 9.52. The summed E-state index contributed by atoms with van der Waals surface area (Å²) in [7, 11) is 1.26. The Morgan fingerprint density at radius 3 is 2.61 bits per heavy atom. The molecule has 1 saturated heterocycles. The number of rotatable bonds is 8. The summed E-state index contributed by atoms with van der Waals surface area (Å²) in [4.78, 5) is 27.8. The number of methoxy groups -OCH3 is 1. The van der Waals surface area contributed by atoms with Crippen molar-refractivity contribution in [2.75, 3.05) is 13.7 Å². The number of carboxylic acid groups (broad SMARTS) is 1. The van der Waals surface area contributed by atoms with E-state index in [1.165, 1.54) is 13.4 Å². The van der Waals surface area contributed by atoms with Crippen molar-refractivity contribution in [2.45, 2.75) is 81.3 Å². The van der Waals surface area contributed by atoms with Crippen LogP contribution in [0.4, 0.5) is 0 Å². The molecule has 2 fully saturated rings. The second-order valence-electron chi connectivity index (χ2n) is 11.6. The number of H-pyrrole nitrogens is 1. The van der Waals surface area contributed by atoms with E-state index in [4.69, 9.17) is 18.9 Å². The van der Waals surface area contributed by atoms with Crippen molar-refractivity contribution in [1.82, 2.24) is 4.98 Å². The summed E-state index contributed by atoms with van der Waals surface area (Å²) in [6.45, 7) is 5.11. The largest absolute Gasteiger partial charge is 0.483 e. The summed E-state index contributed by atoms with van der Waals surface area (Å²) in [5.41, 5.74) is -4.00. The third kappa shape index (κ3) is 4.64. The standard InChI is InChI=1S/C30H39NO10/c1-4-18-19(12-23(33)34)20(25(35)38-3)14-28(9-6-7-10-28)24(18)41-27-29(37,5-2)26(36)30(22(15-32)40-27)13-17-8-11-31-21(17)16-39-30/h4,8,11,13-14,16,18-19,22,24,26-27,31-32,36-37H,1,5-7,9-10,12,15H2,2-3H3,(H,33,34)/t18-,19+,22-,24+,26-,27+,29-,30-/m1/s1. The molecule has 0 bridgehead atoms. The van der Waals surface area contributed by atoms with Gasteiger partial charge in [0.2, 0.25) is 0 Å². The highest BCUT2D eigenvalue weighted by molar-refractivity contribution is 5.90. The molecule has 1 aromatic rings. The number of aliphatic carboxylic acids is 1. The van der Waals surface area contributed by atoms with Crippen LogP contribution in [0, 0.1) is 17.3 Å². The molecule has 41 heavy (non-hydrogen) atoms.